The topological polar surface area (TPSA) is 35.2 Å². The number of nitrogens with two attached hydrogens (primary N) is 1. The molecule has 2 N–H and O–H groups in total. The van der Waals surface area contributed by atoms with Crippen molar-refractivity contribution in [3.63, 3.8) is 0 Å². The standard InChI is InChI=1S/C9H16ClNO/c1-7(5-10)6-12-9-4-2-3-8(9)11/h5,8-9H,2-4,6,11H2,1H3. The second-order valence-electron chi connectivity index (χ2n) is 3.40. The molecule has 1 rings (SSSR count). The molecule has 0 aromatic carbocycles. The molecule has 2 nitrogen and oxygen atoms in total. The number of hydrogen-bond donors (Lipinski definition) is 1. The lowest BCUT2D eigenvalue weighted by Crippen LogP contribution is -2.31. The lowest BCUT2D eigenvalue weighted by Gasteiger charge is -2.16. The van der Waals surface area contributed by atoms with Gasteiger partial charge in [-0.3, -0.25) is 0 Å². The molecule has 1 saturated carbocycles. The van der Waals surface area contributed by atoms with Gasteiger partial charge in [0.05, 0.1) is 12.7 Å². The fourth-order valence-corrected chi connectivity index (χ4v) is 1.49. The number of halogens is 1. The highest BCUT2D eigenvalue weighted by Gasteiger charge is 2.24. The van der Waals surface area contributed by atoms with Gasteiger partial charge in [0, 0.05) is 11.6 Å². The summed E-state index contributed by atoms with van der Waals surface area (Å²) in [6, 6.07) is 0.230. The Morgan fingerprint density at radius 3 is 2.92 bits per heavy atom. The highest BCUT2D eigenvalue weighted by atomic mass is 35.5. The van der Waals surface area contributed by atoms with Crippen molar-refractivity contribution in [2.45, 2.75) is 38.3 Å². The molecule has 70 valence electrons. The van der Waals surface area contributed by atoms with Gasteiger partial charge in [-0.25, -0.2) is 0 Å². The molecule has 0 saturated heterocycles. The van der Waals surface area contributed by atoms with Crippen LogP contribution in [0.1, 0.15) is 26.2 Å². The number of ether oxygens (including phenoxy) is 1. The molecular weight excluding hydrogens is 174 g/mol. The first-order valence-electron chi connectivity index (χ1n) is 4.37. The van der Waals surface area contributed by atoms with Crippen molar-refractivity contribution >= 4 is 11.6 Å². The second-order valence-corrected chi connectivity index (χ2v) is 3.62. The van der Waals surface area contributed by atoms with Crippen LogP contribution in [0.4, 0.5) is 0 Å². The smallest absolute Gasteiger partial charge is 0.0730 e. The Labute approximate surface area is 78.7 Å². The normalized spacial score (nSPS) is 31.1. The Balaban J connectivity index is 2.22. The van der Waals surface area contributed by atoms with Crippen molar-refractivity contribution < 1.29 is 4.74 Å². The predicted octanol–water partition coefficient (Wildman–Crippen LogP) is 2.03. The molecule has 1 aliphatic carbocycles. The van der Waals surface area contributed by atoms with Gasteiger partial charge in [0.1, 0.15) is 0 Å². The van der Waals surface area contributed by atoms with Crippen molar-refractivity contribution in [1.82, 2.24) is 0 Å². The summed E-state index contributed by atoms with van der Waals surface area (Å²) < 4.78 is 5.59. The van der Waals surface area contributed by atoms with Gasteiger partial charge in [-0.1, -0.05) is 11.6 Å². The maximum atomic E-state index is 5.83. The summed E-state index contributed by atoms with van der Waals surface area (Å²) in [7, 11) is 0. The fraction of sp³-hybridized carbons (Fsp3) is 0.778. The van der Waals surface area contributed by atoms with Crippen molar-refractivity contribution in [2.75, 3.05) is 6.61 Å². The Bertz CT molecular complexity index is 170. The van der Waals surface area contributed by atoms with Gasteiger partial charge in [-0.15, -0.1) is 0 Å². The van der Waals surface area contributed by atoms with E-state index in [2.05, 4.69) is 0 Å². The third-order valence-corrected chi connectivity index (χ3v) is 2.59. The van der Waals surface area contributed by atoms with Gasteiger partial charge >= 0.3 is 0 Å². The van der Waals surface area contributed by atoms with Crippen molar-refractivity contribution in [2.24, 2.45) is 5.73 Å². The first kappa shape index (κ1) is 10.0. The second kappa shape index (κ2) is 4.85. The summed E-state index contributed by atoms with van der Waals surface area (Å²) in [5.41, 5.74) is 8.44. The molecule has 12 heavy (non-hydrogen) atoms. The minimum Gasteiger partial charge on any atom is -0.372 e. The SMILES string of the molecule is CC(=CCl)COC1CCCC1N. The lowest BCUT2D eigenvalue weighted by molar-refractivity contribution is 0.0642. The molecule has 1 aliphatic rings. The molecule has 0 aromatic rings. The van der Waals surface area contributed by atoms with E-state index in [1.165, 1.54) is 6.42 Å². The van der Waals surface area contributed by atoms with Crippen LogP contribution in [0.3, 0.4) is 0 Å². The van der Waals surface area contributed by atoms with Crippen LogP contribution < -0.4 is 5.73 Å². The molecule has 3 heteroatoms. The molecule has 0 radical (unpaired) electrons. The molecule has 2 unspecified atom stereocenters. The van der Waals surface area contributed by atoms with Crippen molar-refractivity contribution in [1.29, 1.82) is 0 Å². The summed E-state index contributed by atoms with van der Waals surface area (Å²) in [6.45, 7) is 2.56. The molecule has 1 fully saturated rings. The monoisotopic (exact) mass is 189 g/mol. The van der Waals surface area contributed by atoms with Crippen LogP contribution >= 0.6 is 11.6 Å². The lowest BCUT2D eigenvalue weighted by atomic mass is 10.2. The summed E-state index contributed by atoms with van der Waals surface area (Å²) >= 11 is 5.50. The van der Waals surface area contributed by atoms with E-state index in [1.54, 1.807) is 5.54 Å². The highest BCUT2D eigenvalue weighted by Crippen LogP contribution is 2.20. The molecule has 0 bridgehead atoms. The molecule has 2 atom stereocenters. The average Bonchev–Trinajstić information content (AvgIpc) is 2.47. The van der Waals surface area contributed by atoms with E-state index in [0.717, 1.165) is 18.4 Å². The maximum Gasteiger partial charge on any atom is 0.0730 e. The molecule has 0 spiro atoms. The number of hydrogen-bond acceptors (Lipinski definition) is 2. The van der Waals surface area contributed by atoms with Gasteiger partial charge in [0.15, 0.2) is 0 Å². The summed E-state index contributed by atoms with van der Waals surface area (Å²) in [4.78, 5) is 0. The molecule has 0 heterocycles. The Morgan fingerprint density at radius 2 is 2.42 bits per heavy atom. The average molecular weight is 190 g/mol. The zero-order valence-electron chi connectivity index (χ0n) is 7.42. The van der Waals surface area contributed by atoms with Crippen LogP contribution in [-0.4, -0.2) is 18.8 Å². The minimum atomic E-state index is 0.230. The Morgan fingerprint density at radius 1 is 1.67 bits per heavy atom. The molecule has 0 aliphatic heterocycles. The highest BCUT2D eigenvalue weighted by molar-refractivity contribution is 6.25. The van der Waals surface area contributed by atoms with Crippen LogP contribution in [0.15, 0.2) is 11.1 Å². The van der Waals surface area contributed by atoms with Crippen molar-refractivity contribution in [3.05, 3.63) is 11.1 Å². The van der Waals surface area contributed by atoms with Crippen LogP contribution in [0, 0.1) is 0 Å². The molecular formula is C9H16ClNO. The third-order valence-electron chi connectivity index (χ3n) is 2.21. The van der Waals surface area contributed by atoms with Crippen molar-refractivity contribution in [3.8, 4) is 0 Å². The van der Waals surface area contributed by atoms with E-state index in [0.29, 0.717) is 6.61 Å². The zero-order chi connectivity index (χ0) is 8.97. The predicted molar refractivity (Wildman–Crippen MR) is 51.2 cm³/mol. The van der Waals surface area contributed by atoms with E-state index in [1.807, 2.05) is 6.92 Å². The summed E-state index contributed by atoms with van der Waals surface area (Å²) in [6.07, 6.45) is 3.62. The number of rotatable bonds is 3. The third kappa shape index (κ3) is 2.77. The van der Waals surface area contributed by atoms with Crippen LogP contribution in [0.2, 0.25) is 0 Å². The van der Waals surface area contributed by atoms with E-state index in [4.69, 9.17) is 22.1 Å². The Hall–Kier alpha value is -0.0500. The summed E-state index contributed by atoms with van der Waals surface area (Å²) in [5, 5.41) is 0. The first-order valence-corrected chi connectivity index (χ1v) is 4.80. The van der Waals surface area contributed by atoms with Gasteiger partial charge in [0.25, 0.3) is 0 Å². The van der Waals surface area contributed by atoms with E-state index in [-0.39, 0.29) is 12.1 Å². The quantitative estimate of drug-likeness (QED) is 0.738. The summed E-state index contributed by atoms with van der Waals surface area (Å²) in [5.74, 6) is 0. The Kier molecular flexibility index (Phi) is 4.06. The van der Waals surface area contributed by atoms with Crippen LogP contribution in [-0.2, 0) is 4.74 Å². The largest absolute Gasteiger partial charge is 0.372 e. The molecule has 0 aromatic heterocycles. The van der Waals surface area contributed by atoms with Gasteiger partial charge in [0.2, 0.25) is 0 Å². The van der Waals surface area contributed by atoms with E-state index < -0.39 is 0 Å². The van der Waals surface area contributed by atoms with Crippen LogP contribution in [0.5, 0.6) is 0 Å². The minimum absolute atomic E-state index is 0.230. The fourth-order valence-electron chi connectivity index (χ4n) is 1.43. The van der Waals surface area contributed by atoms with Gasteiger partial charge < -0.3 is 10.5 Å². The maximum absolute atomic E-state index is 5.83. The first-order chi connectivity index (χ1) is 5.74. The van der Waals surface area contributed by atoms with Gasteiger partial charge in [-0.2, -0.15) is 0 Å². The van der Waals surface area contributed by atoms with Gasteiger partial charge in [-0.05, 0) is 31.8 Å². The van der Waals surface area contributed by atoms with Crippen LogP contribution in [0.25, 0.3) is 0 Å². The van der Waals surface area contributed by atoms with E-state index in [9.17, 15) is 0 Å². The van der Waals surface area contributed by atoms with E-state index >= 15 is 0 Å². The molecule has 0 amide bonds. The zero-order valence-corrected chi connectivity index (χ0v) is 8.18.